The number of hydrogen-bond acceptors (Lipinski definition) is 4. The van der Waals surface area contributed by atoms with Gasteiger partial charge in [-0.3, -0.25) is 0 Å². The number of rotatable bonds is 14. The molecule has 4 heteroatoms. The van der Waals surface area contributed by atoms with E-state index >= 15 is 0 Å². The lowest BCUT2D eigenvalue weighted by molar-refractivity contribution is -0.140. The normalized spacial score (nSPS) is 20.0. The van der Waals surface area contributed by atoms with Gasteiger partial charge in [0.2, 0.25) is 0 Å². The maximum atomic E-state index is 12.4. The Labute approximate surface area is 298 Å². The van der Waals surface area contributed by atoms with E-state index in [1.165, 1.54) is 78.0 Å². The lowest BCUT2D eigenvalue weighted by Gasteiger charge is -2.33. The Morgan fingerprint density at radius 2 is 1.06 bits per heavy atom. The Morgan fingerprint density at radius 1 is 0.633 bits per heavy atom. The summed E-state index contributed by atoms with van der Waals surface area (Å²) in [5.74, 6) is -1.13. The predicted octanol–water partition coefficient (Wildman–Crippen LogP) is 12.1. The van der Waals surface area contributed by atoms with Crippen LogP contribution in [0.15, 0.2) is 129 Å². The van der Waals surface area contributed by atoms with Crippen LogP contribution in [0.4, 0.5) is 0 Å². The first-order valence-electron chi connectivity index (χ1n) is 17.8. The van der Waals surface area contributed by atoms with Crippen LogP contribution in [-0.2, 0) is 19.1 Å². The standard InChI is InChI=1S/C45H62O4/c1-33(22-24-40-37(5)20-14-28-44(40,8)9)16-12-18-35(3)26-30-48-42(46)32-39(7)43(47)49-31-27-36(4)19-13-17-34(2)23-25-41-38(6)21-15-29-45(41,10)11/h12-13,16-19,22-27,32H,14-15,20-21,28-31H2,1-11H3. The van der Waals surface area contributed by atoms with Gasteiger partial charge >= 0.3 is 11.9 Å². The van der Waals surface area contributed by atoms with Crippen LogP contribution in [-0.4, -0.2) is 25.2 Å². The van der Waals surface area contributed by atoms with E-state index in [1.54, 1.807) is 6.92 Å². The molecule has 2 aliphatic carbocycles. The van der Waals surface area contributed by atoms with Crippen molar-refractivity contribution in [1.82, 2.24) is 0 Å². The first-order chi connectivity index (χ1) is 23.0. The highest BCUT2D eigenvalue weighted by Crippen LogP contribution is 2.41. The Kier molecular flexibility index (Phi) is 16.8. The molecule has 0 heterocycles. The second kappa shape index (κ2) is 19.9. The van der Waals surface area contributed by atoms with Crippen molar-refractivity contribution < 1.29 is 19.1 Å². The number of allylic oxidation sites excluding steroid dienone is 18. The van der Waals surface area contributed by atoms with Crippen LogP contribution in [0.1, 0.15) is 115 Å². The molecule has 2 rings (SSSR count). The van der Waals surface area contributed by atoms with Gasteiger partial charge in [-0.2, -0.15) is 0 Å². The third kappa shape index (κ3) is 15.0. The second-order valence-electron chi connectivity index (χ2n) is 15.0. The van der Waals surface area contributed by atoms with Gasteiger partial charge in [0.15, 0.2) is 0 Å². The van der Waals surface area contributed by atoms with E-state index in [1.807, 2.05) is 50.3 Å². The summed E-state index contributed by atoms with van der Waals surface area (Å²) in [6.07, 6.45) is 33.2. The summed E-state index contributed by atoms with van der Waals surface area (Å²) in [7, 11) is 0. The summed E-state index contributed by atoms with van der Waals surface area (Å²) >= 11 is 0. The zero-order valence-corrected chi connectivity index (χ0v) is 32.3. The minimum Gasteiger partial charge on any atom is -0.458 e. The Bertz CT molecular complexity index is 1530. The molecule has 0 amide bonds. The van der Waals surface area contributed by atoms with Crippen molar-refractivity contribution in [2.75, 3.05) is 13.2 Å². The molecule has 2 aliphatic rings. The number of carbonyl (C=O) groups excluding carboxylic acids is 2. The highest BCUT2D eigenvalue weighted by atomic mass is 16.5. The van der Waals surface area contributed by atoms with Gasteiger partial charge in [0.25, 0.3) is 0 Å². The maximum Gasteiger partial charge on any atom is 0.334 e. The fourth-order valence-corrected chi connectivity index (χ4v) is 6.30. The van der Waals surface area contributed by atoms with Crippen molar-refractivity contribution in [2.45, 2.75) is 115 Å². The van der Waals surface area contributed by atoms with Gasteiger partial charge in [-0.15, -0.1) is 0 Å². The smallest absolute Gasteiger partial charge is 0.334 e. The molecule has 0 N–H and O–H groups in total. The van der Waals surface area contributed by atoms with Crippen LogP contribution < -0.4 is 0 Å². The molecule has 0 fully saturated rings. The lowest BCUT2D eigenvalue weighted by Crippen LogP contribution is -2.19. The molecule has 0 unspecified atom stereocenters. The molecular weight excluding hydrogens is 604 g/mol. The van der Waals surface area contributed by atoms with Gasteiger partial charge in [0.1, 0.15) is 13.2 Å². The second-order valence-corrected chi connectivity index (χ2v) is 15.0. The van der Waals surface area contributed by atoms with Crippen molar-refractivity contribution in [3.05, 3.63) is 129 Å². The maximum absolute atomic E-state index is 12.4. The van der Waals surface area contributed by atoms with E-state index < -0.39 is 11.9 Å². The van der Waals surface area contributed by atoms with Gasteiger partial charge in [0.05, 0.1) is 0 Å². The van der Waals surface area contributed by atoms with Crippen LogP contribution in [0.5, 0.6) is 0 Å². The average molecular weight is 667 g/mol. The molecule has 0 atom stereocenters. The molecule has 0 radical (unpaired) electrons. The SMILES string of the molecule is CC(C=CC1=C(C)CCCC1(C)C)=CC=CC(C)=CCOC(=O)C=C(C)C(=O)OCC=C(C)C=CC=C(C)C=CC1=C(C)CCCC1(C)C. The van der Waals surface area contributed by atoms with E-state index in [9.17, 15) is 9.59 Å². The first-order valence-corrected chi connectivity index (χ1v) is 17.8. The quantitative estimate of drug-likeness (QED) is 0.105. The number of ether oxygens (including phenoxy) is 2. The molecule has 0 aromatic rings. The summed E-state index contributed by atoms with van der Waals surface area (Å²) < 4.78 is 10.6. The average Bonchev–Trinajstić information content (AvgIpc) is 2.99. The van der Waals surface area contributed by atoms with Crippen LogP contribution in [0.2, 0.25) is 0 Å². The molecule has 0 saturated carbocycles. The molecule has 0 aromatic carbocycles. The van der Waals surface area contributed by atoms with Crippen molar-refractivity contribution in [3.8, 4) is 0 Å². The summed E-state index contributed by atoms with van der Waals surface area (Å²) in [6.45, 7) is 23.7. The van der Waals surface area contributed by atoms with E-state index in [4.69, 9.17) is 9.47 Å². The van der Waals surface area contributed by atoms with E-state index in [-0.39, 0.29) is 29.6 Å². The van der Waals surface area contributed by atoms with Crippen LogP contribution >= 0.6 is 0 Å². The minimum atomic E-state index is -0.581. The Hall–Kier alpha value is -3.92. The Morgan fingerprint density at radius 3 is 1.49 bits per heavy atom. The van der Waals surface area contributed by atoms with E-state index in [0.717, 1.165) is 11.1 Å². The highest BCUT2D eigenvalue weighted by molar-refractivity contribution is 5.95. The first kappa shape index (κ1) is 41.3. The van der Waals surface area contributed by atoms with Crippen LogP contribution in [0, 0.1) is 10.8 Å². The summed E-state index contributed by atoms with van der Waals surface area (Å²) in [6, 6.07) is 0. The van der Waals surface area contributed by atoms with Crippen molar-refractivity contribution >= 4 is 11.9 Å². The molecule has 49 heavy (non-hydrogen) atoms. The monoisotopic (exact) mass is 666 g/mol. The summed E-state index contributed by atoms with van der Waals surface area (Å²) in [5.41, 5.74) is 10.8. The number of hydrogen-bond donors (Lipinski definition) is 0. The van der Waals surface area contributed by atoms with Crippen LogP contribution in [0.25, 0.3) is 0 Å². The molecule has 4 nitrogen and oxygen atoms in total. The van der Waals surface area contributed by atoms with Crippen molar-refractivity contribution in [1.29, 1.82) is 0 Å². The van der Waals surface area contributed by atoms with Gasteiger partial charge in [-0.25, -0.2) is 9.59 Å². The van der Waals surface area contributed by atoms with E-state index in [0.29, 0.717) is 0 Å². The lowest BCUT2D eigenvalue weighted by atomic mass is 9.72. The topological polar surface area (TPSA) is 52.6 Å². The Balaban J connectivity index is 1.78. The zero-order chi connectivity index (χ0) is 36.6. The molecule has 0 bridgehead atoms. The summed E-state index contributed by atoms with van der Waals surface area (Å²) in [4.78, 5) is 24.6. The third-order valence-electron chi connectivity index (χ3n) is 9.45. The molecular formula is C45H62O4. The molecule has 0 aliphatic heterocycles. The van der Waals surface area contributed by atoms with Crippen LogP contribution in [0.3, 0.4) is 0 Å². The minimum absolute atomic E-state index is 0.117. The largest absolute Gasteiger partial charge is 0.458 e. The van der Waals surface area contributed by atoms with Gasteiger partial charge in [0, 0.05) is 11.6 Å². The molecule has 0 spiro atoms. The van der Waals surface area contributed by atoms with Crippen molar-refractivity contribution in [2.24, 2.45) is 10.8 Å². The predicted molar refractivity (Wildman–Crippen MR) is 208 cm³/mol. The van der Waals surface area contributed by atoms with Gasteiger partial charge in [-0.05, 0) is 121 Å². The van der Waals surface area contributed by atoms with Gasteiger partial charge in [-0.1, -0.05) is 122 Å². The fourth-order valence-electron chi connectivity index (χ4n) is 6.30. The highest BCUT2D eigenvalue weighted by Gasteiger charge is 2.27. The number of carbonyl (C=O) groups is 2. The molecule has 0 saturated heterocycles. The number of esters is 2. The molecule has 0 aromatic heterocycles. The zero-order valence-electron chi connectivity index (χ0n) is 32.3. The summed E-state index contributed by atoms with van der Waals surface area (Å²) in [5, 5.41) is 0. The van der Waals surface area contributed by atoms with Crippen molar-refractivity contribution in [3.63, 3.8) is 0 Å². The van der Waals surface area contributed by atoms with E-state index in [2.05, 4.69) is 91.8 Å². The van der Waals surface area contributed by atoms with Gasteiger partial charge < -0.3 is 9.47 Å². The third-order valence-corrected chi connectivity index (χ3v) is 9.45. The molecule has 266 valence electrons. The fraction of sp³-hybridized carbons (Fsp3) is 0.467.